The molecule has 54 valence electrons. The first kappa shape index (κ1) is 6.99. The second-order valence-electron chi connectivity index (χ2n) is 2.26. The van der Waals surface area contributed by atoms with E-state index in [4.69, 9.17) is 9.84 Å². The van der Waals surface area contributed by atoms with Crippen molar-refractivity contribution in [3.05, 3.63) is 0 Å². The van der Waals surface area contributed by atoms with E-state index in [1.165, 1.54) is 0 Å². The minimum absolute atomic E-state index is 0.146. The third-order valence-electron chi connectivity index (χ3n) is 1.56. The highest BCUT2D eigenvalue weighted by Gasteiger charge is 2.11. The second kappa shape index (κ2) is 3.82. The van der Waals surface area contributed by atoms with Gasteiger partial charge in [-0.05, 0) is 19.4 Å². The number of rotatable bonds is 2. The first-order valence-electron chi connectivity index (χ1n) is 3.36. The van der Waals surface area contributed by atoms with Gasteiger partial charge in [0.25, 0.3) is 0 Å². The molecule has 0 aromatic heterocycles. The van der Waals surface area contributed by atoms with Crippen molar-refractivity contribution >= 4 is 0 Å². The lowest BCUT2D eigenvalue weighted by atomic mass is 10.1. The van der Waals surface area contributed by atoms with Crippen LogP contribution in [0.15, 0.2) is 0 Å². The molecule has 9 heavy (non-hydrogen) atoms. The molecule has 1 atom stereocenters. The van der Waals surface area contributed by atoms with Crippen molar-refractivity contribution in [2.75, 3.05) is 19.9 Å². The summed E-state index contributed by atoms with van der Waals surface area (Å²) in [7, 11) is 0. The summed E-state index contributed by atoms with van der Waals surface area (Å²) in [5.74, 6) is 0. The van der Waals surface area contributed by atoms with Crippen LogP contribution in [0.1, 0.15) is 12.8 Å². The van der Waals surface area contributed by atoms with Crippen LogP contribution in [0.25, 0.3) is 0 Å². The topological polar surface area (TPSA) is 41.5 Å². The van der Waals surface area contributed by atoms with Crippen LogP contribution in [0.3, 0.4) is 0 Å². The molecule has 0 spiro atoms. The summed E-state index contributed by atoms with van der Waals surface area (Å²) >= 11 is 0. The minimum Gasteiger partial charge on any atom is -0.371 e. The van der Waals surface area contributed by atoms with E-state index in [1.54, 1.807) is 0 Å². The van der Waals surface area contributed by atoms with Crippen molar-refractivity contribution in [2.45, 2.75) is 18.9 Å². The van der Waals surface area contributed by atoms with Crippen molar-refractivity contribution in [3.63, 3.8) is 0 Å². The van der Waals surface area contributed by atoms with Gasteiger partial charge in [-0.2, -0.15) is 0 Å². The standard InChI is InChI=1S/C6H13NO2/c8-5-9-6-2-1-3-7-4-6/h6-8H,1-5H2. The van der Waals surface area contributed by atoms with Crippen LogP contribution < -0.4 is 5.32 Å². The summed E-state index contributed by atoms with van der Waals surface area (Å²) < 4.78 is 4.98. The van der Waals surface area contributed by atoms with E-state index < -0.39 is 0 Å². The zero-order valence-electron chi connectivity index (χ0n) is 5.47. The van der Waals surface area contributed by atoms with Crippen LogP contribution in [0.4, 0.5) is 0 Å². The zero-order valence-corrected chi connectivity index (χ0v) is 5.47. The molecular formula is C6H13NO2. The van der Waals surface area contributed by atoms with Crippen molar-refractivity contribution in [1.82, 2.24) is 5.32 Å². The van der Waals surface area contributed by atoms with Crippen LogP contribution in [0.5, 0.6) is 0 Å². The SMILES string of the molecule is OCOC1CCCNC1. The molecule has 1 heterocycles. The Morgan fingerprint density at radius 2 is 2.56 bits per heavy atom. The number of nitrogens with one attached hydrogen (secondary N) is 1. The fourth-order valence-electron chi connectivity index (χ4n) is 1.07. The Bertz CT molecular complexity index is 68.7. The molecule has 0 aromatic carbocycles. The van der Waals surface area contributed by atoms with Crippen molar-refractivity contribution in [2.24, 2.45) is 0 Å². The van der Waals surface area contributed by atoms with Crippen molar-refractivity contribution < 1.29 is 9.84 Å². The van der Waals surface area contributed by atoms with Gasteiger partial charge in [-0.3, -0.25) is 0 Å². The van der Waals surface area contributed by atoms with Crippen LogP contribution in [-0.2, 0) is 4.74 Å². The molecule has 1 saturated heterocycles. The molecule has 1 rings (SSSR count). The molecule has 3 heteroatoms. The highest BCUT2D eigenvalue weighted by atomic mass is 16.6. The minimum atomic E-state index is -0.146. The molecule has 0 saturated carbocycles. The van der Waals surface area contributed by atoms with Gasteiger partial charge in [0.1, 0.15) is 6.79 Å². The Morgan fingerprint density at radius 1 is 1.67 bits per heavy atom. The van der Waals surface area contributed by atoms with Crippen LogP contribution in [0, 0.1) is 0 Å². The molecular weight excluding hydrogens is 118 g/mol. The van der Waals surface area contributed by atoms with E-state index in [1.807, 2.05) is 0 Å². The molecule has 1 unspecified atom stereocenters. The predicted octanol–water partition coefficient (Wildman–Crippen LogP) is -0.295. The van der Waals surface area contributed by atoms with Gasteiger partial charge >= 0.3 is 0 Å². The molecule has 0 amide bonds. The predicted molar refractivity (Wildman–Crippen MR) is 34.1 cm³/mol. The van der Waals surface area contributed by atoms with Crippen LogP contribution in [0.2, 0.25) is 0 Å². The molecule has 2 N–H and O–H groups in total. The van der Waals surface area contributed by atoms with E-state index in [9.17, 15) is 0 Å². The zero-order chi connectivity index (χ0) is 6.53. The number of aliphatic hydroxyl groups is 1. The largest absolute Gasteiger partial charge is 0.371 e. The molecule has 0 bridgehead atoms. The van der Waals surface area contributed by atoms with Gasteiger partial charge in [0.2, 0.25) is 0 Å². The molecule has 1 fully saturated rings. The van der Waals surface area contributed by atoms with E-state index in [0.717, 1.165) is 25.9 Å². The van der Waals surface area contributed by atoms with Gasteiger partial charge in [-0.15, -0.1) is 0 Å². The quantitative estimate of drug-likeness (QED) is 0.506. The number of piperidine rings is 1. The van der Waals surface area contributed by atoms with Crippen molar-refractivity contribution in [3.8, 4) is 0 Å². The van der Waals surface area contributed by atoms with E-state index in [-0.39, 0.29) is 12.9 Å². The summed E-state index contributed by atoms with van der Waals surface area (Å²) in [6.07, 6.45) is 2.47. The Labute approximate surface area is 55.0 Å². The Morgan fingerprint density at radius 3 is 3.11 bits per heavy atom. The molecule has 3 nitrogen and oxygen atoms in total. The van der Waals surface area contributed by atoms with Gasteiger partial charge in [0.15, 0.2) is 0 Å². The summed E-state index contributed by atoms with van der Waals surface area (Å²) in [4.78, 5) is 0. The van der Waals surface area contributed by atoms with Crippen LogP contribution in [-0.4, -0.2) is 31.1 Å². The number of aliphatic hydroxyl groups excluding tert-OH is 1. The molecule has 0 aliphatic carbocycles. The second-order valence-corrected chi connectivity index (χ2v) is 2.26. The first-order chi connectivity index (χ1) is 4.43. The van der Waals surface area contributed by atoms with Gasteiger partial charge in [0.05, 0.1) is 6.10 Å². The Balaban J connectivity index is 2.08. The lowest BCUT2D eigenvalue weighted by molar-refractivity contribution is -0.0569. The van der Waals surface area contributed by atoms with Gasteiger partial charge in [-0.25, -0.2) is 0 Å². The molecule has 1 aliphatic heterocycles. The maximum Gasteiger partial charge on any atom is 0.143 e. The fourth-order valence-corrected chi connectivity index (χ4v) is 1.07. The average Bonchev–Trinajstić information content (AvgIpc) is 1.91. The smallest absolute Gasteiger partial charge is 0.143 e. The lowest BCUT2D eigenvalue weighted by Crippen LogP contribution is -2.35. The summed E-state index contributed by atoms with van der Waals surface area (Å²) in [5.41, 5.74) is 0. The third kappa shape index (κ3) is 2.30. The fraction of sp³-hybridized carbons (Fsp3) is 1.00. The molecule has 1 aliphatic rings. The van der Waals surface area contributed by atoms with E-state index in [0.29, 0.717) is 0 Å². The number of hydrogen-bond donors (Lipinski definition) is 2. The highest BCUT2D eigenvalue weighted by Crippen LogP contribution is 2.04. The van der Waals surface area contributed by atoms with Gasteiger partial charge in [0, 0.05) is 6.54 Å². The average molecular weight is 131 g/mol. The maximum atomic E-state index is 8.37. The summed E-state index contributed by atoms with van der Waals surface area (Å²) in [6.45, 7) is 1.83. The van der Waals surface area contributed by atoms with Gasteiger partial charge in [-0.1, -0.05) is 0 Å². The monoisotopic (exact) mass is 131 g/mol. The first-order valence-corrected chi connectivity index (χ1v) is 3.36. The maximum absolute atomic E-state index is 8.37. The van der Waals surface area contributed by atoms with E-state index in [2.05, 4.69) is 5.32 Å². The lowest BCUT2D eigenvalue weighted by Gasteiger charge is -2.21. The van der Waals surface area contributed by atoms with Gasteiger partial charge < -0.3 is 15.2 Å². The highest BCUT2D eigenvalue weighted by molar-refractivity contribution is 4.67. The normalized spacial score (nSPS) is 28.3. The van der Waals surface area contributed by atoms with E-state index >= 15 is 0 Å². The Kier molecular flexibility index (Phi) is 2.97. The molecule has 0 radical (unpaired) electrons. The van der Waals surface area contributed by atoms with Crippen molar-refractivity contribution in [1.29, 1.82) is 0 Å². The number of hydrogen-bond acceptors (Lipinski definition) is 3. The summed E-state index contributed by atoms with van der Waals surface area (Å²) in [6, 6.07) is 0. The summed E-state index contributed by atoms with van der Waals surface area (Å²) in [5, 5.41) is 11.6. The van der Waals surface area contributed by atoms with Crippen LogP contribution >= 0.6 is 0 Å². The number of ether oxygens (including phenoxy) is 1. The Hall–Kier alpha value is -0.120. The third-order valence-corrected chi connectivity index (χ3v) is 1.56. The molecule has 0 aromatic rings.